The number of nitrogens with one attached hydrogen (secondary N) is 1. The van der Waals surface area contributed by atoms with Crippen molar-refractivity contribution in [2.75, 3.05) is 0 Å². The predicted molar refractivity (Wildman–Crippen MR) is 59.4 cm³/mol. The van der Waals surface area contributed by atoms with Gasteiger partial charge in [-0.25, -0.2) is 0 Å². The minimum Gasteiger partial charge on any atom is -0.353 e. The lowest BCUT2D eigenvalue weighted by Gasteiger charge is -2.32. The van der Waals surface area contributed by atoms with E-state index in [1.807, 2.05) is 13.8 Å². The Labute approximate surface area is 100.0 Å². The van der Waals surface area contributed by atoms with Crippen molar-refractivity contribution in [3.63, 3.8) is 0 Å². The van der Waals surface area contributed by atoms with Crippen LogP contribution in [0.15, 0.2) is 0 Å². The van der Waals surface area contributed by atoms with Gasteiger partial charge in [-0.2, -0.15) is 13.2 Å². The Kier molecular flexibility index (Phi) is 4.83. The van der Waals surface area contributed by atoms with E-state index in [4.69, 9.17) is 0 Å². The molecule has 1 saturated carbocycles. The quantitative estimate of drug-likeness (QED) is 0.819. The molecular weight excluding hydrogens is 231 g/mol. The van der Waals surface area contributed by atoms with Crippen LogP contribution in [0.25, 0.3) is 0 Å². The van der Waals surface area contributed by atoms with Crippen molar-refractivity contribution < 1.29 is 18.0 Å². The van der Waals surface area contributed by atoms with Crippen molar-refractivity contribution in [3.8, 4) is 0 Å². The topological polar surface area (TPSA) is 29.1 Å². The van der Waals surface area contributed by atoms with E-state index >= 15 is 0 Å². The third-order valence-electron chi connectivity index (χ3n) is 3.52. The Morgan fingerprint density at radius 2 is 1.94 bits per heavy atom. The molecule has 3 unspecified atom stereocenters. The summed E-state index contributed by atoms with van der Waals surface area (Å²) in [6.07, 6.45) is -1.80. The number of amides is 1. The summed E-state index contributed by atoms with van der Waals surface area (Å²) in [7, 11) is 0. The number of carbonyl (C=O) groups is 1. The molecule has 0 aromatic heterocycles. The van der Waals surface area contributed by atoms with E-state index in [1.54, 1.807) is 0 Å². The van der Waals surface area contributed by atoms with Gasteiger partial charge >= 0.3 is 6.18 Å². The molecular formula is C12H20F3NO. The highest BCUT2D eigenvalue weighted by Gasteiger charge is 2.48. The first-order valence-corrected chi connectivity index (χ1v) is 6.23. The first-order valence-electron chi connectivity index (χ1n) is 6.23. The number of carbonyl (C=O) groups excluding carboxylic acids is 1. The summed E-state index contributed by atoms with van der Waals surface area (Å²) in [6, 6.07) is -0.0571. The second kappa shape index (κ2) is 5.74. The number of rotatable bonds is 3. The van der Waals surface area contributed by atoms with Crippen LogP contribution >= 0.6 is 0 Å². The van der Waals surface area contributed by atoms with E-state index in [9.17, 15) is 18.0 Å². The van der Waals surface area contributed by atoms with Gasteiger partial charge in [-0.05, 0) is 26.2 Å². The lowest BCUT2D eigenvalue weighted by atomic mass is 9.78. The van der Waals surface area contributed by atoms with Crippen molar-refractivity contribution >= 4 is 5.91 Å². The summed E-state index contributed by atoms with van der Waals surface area (Å²) in [5.74, 6) is -2.78. The Morgan fingerprint density at radius 3 is 2.47 bits per heavy atom. The normalized spacial score (nSPS) is 27.6. The molecule has 0 aliphatic heterocycles. The molecule has 0 bridgehead atoms. The van der Waals surface area contributed by atoms with Gasteiger partial charge in [0.25, 0.3) is 0 Å². The molecule has 100 valence electrons. The summed E-state index contributed by atoms with van der Waals surface area (Å²) in [5, 5.41) is 2.66. The van der Waals surface area contributed by atoms with Crippen LogP contribution in [0.5, 0.6) is 0 Å². The molecule has 1 rings (SSSR count). The van der Waals surface area contributed by atoms with Gasteiger partial charge in [0.15, 0.2) is 0 Å². The minimum absolute atomic E-state index is 0.0571. The molecule has 3 atom stereocenters. The third-order valence-corrected chi connectivity index (χ3v) is 3.52. The molecule has 17 heavy (non-hydrogen) atoms. The highest BCUT2D eigenvalue weighted by atomic mass is 19.4. The summed E-state index contributed by atoms with van der Waals surface area (Å²) in [6.45, 7) is 3.70. The smallest absolute Gasteiger partial charge is 0.353 e. The van der Waals surface area contributed by atoms with Crippen LogP contribution < -0.4 is 5.32 Å². The fraction of sp³-hybridized carbons (Fsp3) is 0.917. The zero-order valence-electron chi connectivity index (χ0n) is 10.3. The fourth-order valence-corrected chi connectivity index (χ4v) is 2.29. The Hall–Kier alpha value is -0.740. The maximum absolute atomic E-state index is 12.8. The van der Waals surface area contributed by atoms with Crippen molar-refractivity contribution in [2.45, 2.75) is 58.2 Å². The molecule has 5 heteroatoms. The van der Waals surface area contributed by atoms with E-state index in [1.165, 1.54) is 0 Å². The zero-order chi connectivity index (χ0) is 13.1. The van der Waals surface area contributed by atoms with Crippen LogP contribution in [-0.2, 0) is 4.79 Å². The van der Waals surface area contributed by atoms with E-state index in [0.717, 1.165) is 6.42 Å². The van der Waals surface area contributed by atoms with Gasteiger partial charge in [-0.1, -0.05) is 19.8 Å². The van der Waals surface area contributed by atoms with Gasteiger partial charge in [0, 0.05) is 12.0 Å². The third kappa shape index (κ3) is 3.89. The Bertz CT molecular complexity index is 265. The number of hydrogen-bond donors (Lipinski definition) is 1. The molecule has 0 saturated heterocycles. The molecule has 2 nitrogen and oxygen atoms in total. The van der Waals surface area contributed by atoms with E-state index < -0.39 is 23.9 Å². The largest absolute Gasteiger partial charge is 0.392 e. The summed E-state index contributed by atoms with van der Waals surface area (Å²) in [5.41, 5.74) is 0. The highest BCUT2D eigenvalue weighted by molar-refractivity contribution is 5.79. The minimum atomic E-state index is -4.25. The molecule has 1 fully saturated rings. The molecule has 1 aliphatic carbocycles. The van der Waals surface area contributed by atoms with Gasteiger partial charge < -0.3 is 5.32 Å². The van der Waals surface area contributed by atoms with Gasteiger partial charge in [-0.15, -0.1) is 0 Å². The van der Waals surface area contributed by atoms with Crippen LogP contribution in [0.1, 0.15) is 46.0 Å². The van der Waals surface area contributed by atoms with Crippen LogP contribution in [0.4, 0.5) is 13.2 Å². The van der Waals surface area contributed by atoms with E-state index in [0.29, 0.717) is 19.3 Å². The monoisotopic (exact) mass is 251 g/mol. The molecule has 0 radical (unpaired) electrons. The van der Waals surface area contributed by atoms with Crippen molar-refractivity contribution in [2.24, 2.45) is 11.8 Å². The molecule has 1 amide bonds. The molecule has 1 aliphatic rings. The lowest BCUT2D eigenvalue weighted by Crippen LogP contribution is -2.45. The summed E-state index contributed by atoms with van der Waals surface area (Å²) in [4.78, 5) is 11.8. The second-order valence-electron chi connectivity index (χ2n) is 4.86. The van der Waals surface area contributed by atoms with Gasteiger partial charge in [0.2, 0.25) is 5.91 Å². The van der Waals surface area contributed by atoms with E-state index in [2.05, 4.69) is 5.32 Å². The van der Waals surface area contributed by atoms with Crippen molar-refractivity contribution in [1.82, 2.24) is 5.32 Å². The number of alkyl halides is 3. The van der Waals surface area contributed by atoms with Crippen LogP contribution in [0.3, 0.4) is 0 Å². The molecule has 0 aromatic rings. The number of hydrogen-bond acceptors (Lipinski definition) is 1. The Morgan fingerprint density at radius 1 is 1.35 bits per heavy atom. The zero-order valence-corrected chi connectivity index (χ0v) is 10.3. The fourth-order valence-electron chi connectivity index (χ4n) is 2.29. The van der Waals surface area contributed by atoms with Gasteiger partial charge in [-0.3, -0.25) is 4.79 Å². The van der Waals surface area contributed by atoms with Crippen molar-refractivity contribution in [3.05, 3.63) is 0 Å². The van der Waals surface area contributed by atoms with Gasteiger partial charge in [0.1, 0.15) is 0 Å². The van der Waals surface area contributed by atoms with Crippen LogP contribution in [0.2, 0.25) is 0 Å². The molecule has 1 N–H and O–H groups in total. The highest BCUT2D eigenvalue weighted by Crippen LogP contribution is 2.41. The molecule has 0 aromatic carbocycles. The van der Waals surface area contributed by atoms with Crippen LogP contribution in [0, 0.1) is 11.8 Å². The maximum atomic E-state index is 12.8. The summed E-state index contributed by atoms with van der Waals surface area (Å²) < 4.78 is 38.4. The average Bonchev–Trinajstić information content (AvgIpc) is 2.27. The predicted octanol–water partition coefficient (Wildman–Crippen LogP) is 3.27. The standard InChI is InChI=1S/C12H20F3NO/c1-3-8(2)16-11(17)9-6-4-5-7-10(9)12(13,14)15/h8-10H,3-7H2,1-2H3,(H,16,17). The number of halogens is 3. The SMILES string of the molecule is CCC(C)NC(=O)C1CCCCC1C(F)(F)F. The van der Waals surface area contributed by atoms with Gasteiger partial charge in [0.05, 0.1) is 5.92 Å². The first-order chi connectivity index (χ1) is 7.86. The van der Waals surface area contributed by atoms with Crippen molar-refractivity contribution in [1.29, 1.82) is 0 Å². The first kappa shape index (κ1) is 14.3. The molecule has 0 spiro atoms. The lowest BCUT2D eigenvalue weighted by molar-refractivity contribution is -0.198. The van der Waals surface area contributed by atoms with Crippen LogP contribution in [-0.4, -0.2) is 18.1 Å². The Balaban J connectivity index is 2.68. The average molecular weight is 251 g/mol. The molecule has 0 heterocycles. The summed E-state index contributed by atoms with van der Waals surface area (Å²) >= 11 is 0. The maximum Gasteiger partial charge on any atom is 0.392 e. The van der Waals surface area contributed by atoms with E-state index in [-0.39, 0.29) is 12.5 Å². The second-order valence-corrected chi connectivity index (χ2v) is 4.86.